The summed E-state index contributed by atoms with van der Waals surface area (Å²) in [6.07, 6.45) is 1.52. The molecule has 1 fully saturated rings. The third-order valence-corrected chi connectivity index (χ3v) is 6.09. The Bertz CT molecular complexity index is 1150. The number of amides is 2. The van der Waals surface area contributed by atoms with Crippen molar-refractivity contribution in [2.75, 3.05) is 18.4 Å². The number of aromatic nitrogens is 3. The van der Waals surface area contributed by atoms with Gasteiger partial charge >= 0.3 is 6.03 Å². The zero-order valence-corrected chi connectivity index (χ0v) is 18.6. The number of aliphatic hydroxyl groups is 1. The summed E-state index contributed by atoms with van der Waals surface area (Å²) < 4.78 is 20.6. The van der Waals surface area contributed by atoms with Crippen LogP contribution in [0.3, 0.4) is 0 Å². The first-order valence-corrected chi connectivity index (χ1v) is 10.7. The van der Waals surface area contributed by atoms with Crippen LogP contribution in [0, 0.1) is 6.92 Å². The molecule has 0 aliphatic carbocycles. The van der Waals surface area contributed by atoms with Crippen LogP contribution in [0.1, 0.15) is 30.0 Å². The van der Waals surface area contributed by atoms with Crippen molar-refractivity contribution in [3.05, 3.63) is 57.7 Å². The molecule has 2 amide bonds. The van der Waals surface area contributed by atoms with E-state index in [1.807, 2.05) is 13.0 Å². The molecule has 168 valence electrons. The number of hydrogen-bond acceptors (Lipinski definition) is 6. The molecule has 32 heavy (non-hydrogen) atoms. The predicted molar refractivity (Wildman–Crippen MR) is 117 cm³/mol. The summed E-state index contributed by atoms with van der Waals surface area (Å²) in [6.45, 7) is 1.89. The molecule has 11 heteroatoms. The highest BCUT2D eigenvalue weighted by atomic mass is 35.5. The summed E-state index contributed by atoms with van der Waals surface area (Å²) >= 11 is 12.4. The van der Waals surface area contributed by atoms with Gasteiger partial charge in [-0.3, -0.25) is 4.98 Å². The fourth-order valence-corrected chi connectivity index (χ4v) is 4.02. The number of carbonyl (C=O) groups excluding carboxylic acids is 1. The highest BCUT2D eigenvalue weighted by molar-refractivity contribution is 6.32. The zero-order chi connectivity index (χ0) is 22.9. The van der Waals surface area contributed by atoms with Gasteiger partial charge in [0.2, 0.25) is 5.82 Å². The van der Waals surface area contributed by atoms with Gasteiger partial charge in [0.25, 0.3) is 5.89 Å². The van der Waals surface area contributed by atoms with Crippen molar-refractivity contribution in [2.45, 2.75) is 32.0 Å². The number of aliphatic hydroxyl groups excluding tert-OH is 1. The van der Waals surface area contributed by atoms with Crippen LogP contribution < -0.4 is 5.32 Å². The van der Waals surface area contributed by atoms with Gasteiger partial charge in [-0.2, -0.15) is 4.98 Å². The molecule has 8 nitrogen and oxygen atoms in total. The smallest absolute Gasteiger partial charge is 0.321 e. The van der Waals surface area contributed by atoms with E-state index in [2.05, 4.69) is 20.4 Å². The van der Waals surface area contributed by atoms with E-state index in [1.54, 1.807) is 17.0 Å². The molecule has 1 aliphatic rings. The fourth-order valence-electron chi connectivity index (χ4n) is 3.50. The first kappa shape index (κ1) is 22.4. The Kier molecular flexibility index (Phi) is 6.32. The number of hydrogen-bond donors (Lipinski definition) is 2. The Hall–Kier alpha value is -2.75. The number of rotatable bonds is 4. The lowest BCUT2D eigenvalue weighted by Gasteiger charge is -2.36. The van der Waals surface area contributed by atoms with E-state index in [9.17, 15) is 4.79 Å². The molecule has 1 aromatic carbocycles. The molecule has 0 radical (unpaired) electrons. The van der Waals surface area contributed by atoms with Crippen molar-refractivity contribution in [3.63, 3.8) is 0 Å². The molecule has 2 aromatic heterocycles. The lowest BCUT2D eigenvalue weighted by atomic mass is 9.89. The standard InChI is InChI=1S/C21H20Cl2FN5O3/c1-12-2-3-14(9-15(12)22)26-20(31)29-6-4-21(24,5-7-29)18-16(23)8-13(10-25-18)19-27-17(11-30)32-28-19/h2-3,8-10,30H,4-7,11H2,1H3,(H,26,31). The van der Waals surface area contributed by atoms with Crippen LogP contribution in [0.25, 0.3) is 11.4 Å². The molecule has 4 rings (SSSR count). The second-order valence-corrected chi connectivity index (χ2v) is 8.39. The van der Waals surface area contributed by atoms with E-state index < -0.39 is 5.67 Å². The minimum atomic E-state index is -1.77. The maximum atomic E-state index is 15.7. The molecule has 0 spiro atoms. The van der Waals surface area contributed by atoms with Crippen molar-refractivity contribution in [1.82, 2.24) is 20.0 Å². The number of pyridine rings is 1. The summed E-state index contributed by atoms with van der Waals surface area (Å²) in [5.74, 6) is 0.256. The fraction of sp³-hybridized carbons (Fsp3) is 0.333. The highest BCUT2D eigenvalue weighted by Crippen LogP contribution is 2.40. The minimum Gasteiger partial charge on any atom is -0.387 e. The quantitative estimate of drug-likeness (QED) is 0.560. The third kappa shape index (κ3) is 4.55. The number of urea groups is 1. The molecule has 0 bridgehead atoms. The molecule has 1 saturated heterocycles. The molecule has 0 atom stereocenters. The normalized spacial score (nSPS) is 15.6. The number of likely N-dealkylation sites (tertiary alicyclic amines) is 1. The molecule has 0 saturated carbocycles. The van der Waals surface area contributed by atoms with E-state index in [-0.39, 0.29) is 61.0 Å². The Morgan fingerprint density at radius 1 is 1.28 bits per heavy atom. The van der Waals surface area contributed by atoms with E-state index in [1.165, 1.54) is 12.3 Å². The van der Waals surface area contributed by atoms with Crippen LogP contribution in [0.2, 0.25) is 10.0 Å². The van der Waals surface area contributed by atoms with Crippen LogP contribution in [0.4, 0.5) is 14.9 Å². The van der Waals surface area contributed by atoms with Gasteiger partial charge in [-0.05, 0) is 30.7 Å². The molecule has 3 aromatic rings. The number of halogens is 3. The zero-order valence-electron chi connectivity index (χ0n) is 17.1. The van der Waals surface area contributed by atoms with E-state index in [4.69, 9.17) is 32.8 Å². The molecule has 0 unspecified atom stereocenters. The van der Waals surface area contributed by atoms with E-state index >= 15 is 4.39 Å². The predicted octanol–water partition coefficient (Wildman–Crippen LogP) is 4.73. The summed E-state index contributed by atoms with van der Waals surface area (Å²) in [5, 5.41) is 16.3. The van der Waals surface area contributed by atoms with Gasteiger partial charge in [-0.1, -0.05) is 34.4 Å². The largest absolute Gasteiger partial charge is 0.387 e. The van der Waals surface area contributed by atoms with Gasteiger partial charge in [-0.25, -0.2) is 9.18 Å². The molecular weight excluding hydrogens is 460 g/mol. The summed E-state index contributed by atoms with van der Waals surface area (Å²) in [7, 11) is 0. The Morgan fingerprint density at radius 3 is 2.66 bits per heavy atom. The maximum absolute atomic E-state index is 15.7. The number of carbonyl (C=O) groups is 1. The van der Waals surface area contributed by atoms with Gasteiger partial charge in [-0.15, -0.1) is 0 Å². The van der Waals surface area contributed by atoms with Crippen LogP contribution in [-0.2, 0) is 12.3 Å². The van der Waals surface area contributed by atoms with Crippen molar-refractivity contribution < 1.29 is 18.8 Å². The summed E-state index contributed by atoms with van der Waals surface area (Å²) in [4.78, 5) is 22.3. The van der Waals surface area contributed by atoms with Crippen LogP contribution >= 0.6 is 23.2 Å². The number of anilines is 1. The number of aryl methyl sites for hydroxylation is 1. The SMILES string of the molecule is Cc1ccc(NC(=O)N2CCC(F)(c3ncc(-c4noc(CO)n4)cc3Cl)CC2)cc1Cl. The molecule has 1 aliphatic heterocycles. The van der Waals surface area contributed by atoms with Gasteiger partial charge < -0.3 is 19.8 Å². The first-order valence-electron chi connectivity index (χ1n) is 9.90. The maximum Gasteiger partial charge on any atom is 0.321 e. The minimum absolute atomic E-state index is 0.0536. The average Bonchev–Trinajstić information content (AvgIpc) is 3.26. The third-order valence-electron chi connectivity index (χ3n) is 5.39. The van der Waals surface area contributed by atoms with Crippen LogP contribution in [0.15, 0.2) is 35.0 Å². The molecule has 2 N–H and O–H groups in total. The Morgan fingerprint density at radius 2 is 2.03 bits per heavy atom. The number of benzene rings is 1. The lowest BCUT2D eigenvalue weighted by Crippen LogP contribution is -2.45. The molecule has 3 heterocycles. The van der Waals surface area contributed by atoms with Crippen LogP contribution in [-0.4, -0.2) is 44.3 Å². The number of nitrogens with zero attached hydrogens (tertiary/aromatic N) is 4. The first-order chi connectivity index (χ1) is 15.3. The monoisotopic (exact) mass is 479 g/mol. The van der Waals surface area contributed by atoms with Gasteiger partial charge in [0.05, 0.1) is 10.7 Å². The highest BCUT2D eigenvalue weighted by Gasteiger charge is 2.40. The average molecular weight is 480 g/mol. The van der Waals surface area contributed by atoms with Crippen molar-refractivity contribution in [2.24, 2.45) is 0 Å². The van der Waals surface area contributed by atoms with Crippen LogP contribution in [0.5, 0.6) is 0 Å². The number of nitrogens with one attached hydrogen (secondary N) is 1. The second kappa shape index (κ2) is 9.01. The number of piperidine rings is 1. The summed E-state index contributed by atoms with van der Waals surface area (Å²) in [6, 6.07) is 6.45. The van der Waals surface area contributed by atoms with Gasteiger partial charge in [0, 0.05) is 48.4 Å². The molecular formula is C21H20Cl2FN5O3. The Labute approximate surface area is 193 Å². The van der Waals surface area contributed by atoms with E-state index in [0.29, 0.717) is 16.3 Å². The topological polar surface area (TPSA) is 104 Å². The van der Waals surface area contributed by atoms with Crippen molar-refractivity contribution in [3.8, 4) is 11.4 Å². The summed E-state index contributed by atoms with van der Waals surface area (Å²) in [5.41, 5.74) is 0.272. The van der Waals surface area contributed by atoms with Gasteiger partial charge in [0.15, 0.2) is 5.67 Å². The van der Waals surface area contributed by atoms with Crippen molar-refractivity contribution >= 4 is 34.9 Å². The van der Waals surface area contributed by atoms with Crippen molar-refractivity contribution in [1.29, 1.82) is 0 Å². The number of alkyl halides is 1. The Balaban J connectivity index is 1.43. The van der Waals surface area contributed by atoms with E-state index in [0.717, 1.165) is 5.56 Å². The van der Waals surface area contributed by atoms with Gasteiger partial charge in [0.1, 0.15) is 6.61 Å². The lowest BCUT2D eigenvalue weighted by molar-refractivity contribution is 0.0684. The second-order valence-electron chi connectivity index (χ2n) is 7.57.